The Labute approximate surface area is 284 Å². The summed E-state index contributed by atoms with van der Waals surface area (Å²) in [6, 6.07) is 65.7. The molecule has 0 aliphatic carbocycles. The Morgan fingerprint density at radius 2 is 0.878 bits per heavy atom. The predicted molar refractivity (Wildman–Crippen MR) is 208 cm³/mol. The van der Waals surface area contributed by atoms with Gasteiger partial charge in [0.05, 0.1) is 0 Å². The lowest BCUT2D eigenvalue weighted by Gasteiger charge is -2.19. The van der Waals surface area contributed by atoms with Crippen molar-refractivity contribution in [3.8, 4) is 44.5 Å². The molecule has 49 heavy (non-hydrogen) atoms. The molecular formula is C48H30O. The highest BCUT2D eigenvalue weighted by Gasteiger charge is 2.21. The van der Waals surface area contributed by atoms with Gasteiger partial charge in [-0.05, 0) is 101 Å². The minimum Gasteiger partial charge on any atom is -0.456 e. The highest BCUT2D eigenvalue weighted by molar-refractivity contribution is 6.26. The van der Waals surface area contributed by atoms with E-state index in [-0.39, 0.29) is 0 Å². The molecule has 0 unspecified atom stereocenters. The Morgan fingerprint density at radius 3 is 1.69 bits per heavy atom. The molecule has 1 heteroatoms. The van der Waals surface area contributed by atoms with Gasteiger partial charge in [-0.3, -0.25) is 0 Å². The molecule has 0 radical (unpaired) electrons. The first-order valence-electron chi connectivity index (χ1n) is 16.8. The topological polar surface area (TPSA) is 13.1 Å². The zero-order valence-corrected chi connectivity index (χ0v) is 26.7. The largest absolute Gasteiger partial charge is 0.456 e. The van der Waals surface area contributed by atoms with Crippen LogP contribution in [0, 0.1) is 0 Å². The Bertz CT molecular complexity index is 2850. The van der Waals surface area contributed by atoms with E-state index in [1.54, 1.807) is 0 Å². The molecule has 0 atom stereocenters. The van der Waals surface area contributed by atoms with E-state index in [2.05, 4.69) is 182 Å². The van der Waals surface area contributed by atoms with Crippen molar-refractivity contribution in [1.29, 1.82) is 0 Å². The lowest BCUT2D eigenvalue weighted by atomic mass is 9.84. The molecule has 0 saturated carbocycles. The fourth-order valence-corrected chi connectivity index (χ4v) is 7.87. The van der Waals surface area contributed by atoms with E-state index >= 15 is 0 Å². The molecule has 1 aromatic heterocycles. The summed E-state index contributed by atoms with van der Waals surface area (Å²) in [6.07, 6.45) is 0. The Hall–Kier alpha value is -6.44. The molecule has 10 aromatic rings. The minimum atomic E-state index is 0.896. The van der Waals surface area contributed by atoms with Crippen molar-refractivity contribution >= 4 is 54.3 Å². The second-order valence-electron chi connectivity index (χ2n) is 12.8. The molecule has 228 valence electrons. The average molecular weight is 623 g/mol. The van der Waals surface area contributed by atoms with Crippen molar-refractivity contribution < 1.29 is 4.42 Å². The van der Waals surface area contributed by atoms with E-state index in [9.17, 15) is 0 Å². The van der Waals surface area contributed by atoms with E-state index in [1.165, 1.54) is 71.3 Å². The van der Waals surface area contributed by atoms with E-state index in [4.69, 9.17) is 4.42 Å². The number of fused-ring (bicyclic) bond motifs is 6. The quantitative estimate of drug-likeness (QED) is 0.178. The molecule has 0 N–H and O–H groups in total. The molecule has 0 saturated heterocycles. The Balaban J connectivity index is 1.28. The van der Waals surface area contributed by atoms with Crippen LogP contribution in [0.2, 0.25) is 0 Å². The van der Waals surface area contributed by atoms with Gasteiger partial charge in [-0.15, -0.1) is 0 Å². The van der Waals surface area contributed by atoms with Crippen molar-refractivity contribution in [2.75, 3.05) is 0 Å². The molecule has 1 nitrogen and oxygen atoms in total. The summed E-state index contributed by atoms with van der Waals surface area (Å²) in [5.74, 6) is 0. The van der Waals surface area contributed by atoms with Crippen LogP contribution in [-0.4, -0.2) is 0 Å². The average Bonchev–Trinajstić information content (AvgIpc) is 3.55. The van der Waals surface area contributed by atoms with Crippen LogP contribution in [-0.2, 0) is 0 Å². The summed E-state index contributed by atoms with van der Waals surface area (Å²) in [7, 11) is 0. The SMILES string of the molecule is c1ccc(-c2ccc3c(-c4cccc5oc6cc(-c7cccc8ccccc78)ccc6c45)c4ccccc4c(-c4ccccc4)c3c2)cc1. The van der Waals surface area contributed by atoms with Gasteiger partial charge < -0.3 is 4.42 Å². The van der Waals surface area contributed by atoms with Gasteiger partial charge in [-0.25, -0.2) is 0 Å². The van der Waals surface area contributed by atoms with Crippen molar-refractivity contribution in [3.63, 3.8) is 0 Å². The Kier molecular flexibility index (Phi) is 6.25. The molecule has 10 rings (SSSR count). The summed E-state index contributed by atoms with van der Waals surface area (Å²) in [6.45, 7) is 0. The summed E-state index contributed by atoms with van der Waals surface area (Å²) < 4.78 is 6.68. The van der Waals surface area contributed by atoms with E-state index in [0.717, 1.165) is 27.5 Å². The van der Waals surface area contributed by atoms with Crippen molar-refractivity contribution in [2.24, 2.45) is 0 Å². The van der Waals surface area contributed by atoms with Gasteiger partial charge in [0.15, 0.2) is 0 Å². The fraction of sp³-hybridized carbons (Fsp3) is 0. The van der Waals surface area contributed by atoms with Crippen molar-refractivity contribution in [1.82, 2.24) is 0 Å². The van der Waals surface area contributed by atoms with E-state index < -0.39 is 0 Å². The van der Waals surface area contributed by atoms with Gasteiger partial charge >= 0.3 is 0 Å². The molecule has 0 fully saturated rings. The van der Waals surface area contributed by atoms with E-state index in [1.807, 2.05) is 0 Å². The van der Waals surface area contributed by atoms with Gasteiger partial charge in [0.25, 0.3) is 0 Å². The summed E-state index contributed by atoms with van der Waals surface area (Å²) in [5, 5.41) is 9.69. The maximum atomic E-state index is 6.68. The van der Waals surface area contributed by atoms with Gasteiger partial charge in [0, 0.05) is 10.8 Å². The third-order valence-electron chi connectivity index (χ3n) is 10.1. The number of hydrogen-bond donors (Lipinski definition) is 0. The van der Waals surface area contributed by atoms with Crippen LogP contribution >= 0.6 is 0 Å². The van der Waals surface area contributed by atoms with Crippen LogP contribution in [0.15, 0.2) is 186 Å². The van der Waals surface area contributed by atoms with Crippen molar-refractivity contribution in [3.05, 3.63) is 182 Å². The van der Waals surface area contributed by atoms with Gasteiger partial charge in [0.1, 0.15) is 11.2 Å². The van der Waals surface area contributed by atoms with Crippen LogP contribution in [0.1, 0.15) is 0 Å². The lowest BCUT2D eigenvalue weighted by molar-refractivity contribution is 0.669. The predicted octanol–water partition coefficient (Wildman–Crippen LogP) is 13.7. The second kappa shape index (κ2) is 11.1. The smallest absolute Gasteiger partial charge is 0.136 e. The van der Waals surface area contributed by atoms with E-state index in [0.29, 0.717) is 0 Å². The third kappa shape index (κ3) is 4.40. The number of rotatable bonds is 4. The number of furan rings is 1. The molecule has 0 bridgehead atoms. The molecule has 1 heterocycles. The summed E-state index contributed by atoms with van der Waals surface area (Å²) in [4.78, 5) is 0. The highest BCUT2D eigenvalue weighted by atomic mass is 16.3. The molecule has 9 aromatic carbocycles. The lowest BCUT2D eigenvalue weighted by Crippen LogP contribution is -1.92. The van der Waals surface area contributed by atoms with Crippen LogP contribution in [0.3, 0.4) is 0 Å². The van der Waals surface area contributed by atoms with Gasteiger partial charge in [-0.1, -0.05) is 158 Å². The first-order chi connectivity index (χ1) is 24.3. The maximum absolute atomic E-state index is 6.68. The molecule has 0 aliphatic rings. The van der Waals surface area contributed by atoms with Crippen molar-refractivity contribution in [2.45, 2.75) is 0 Å². The molecule has 0 amide bonds. The number of hydrogen-bond acceptors (Lipinski definition) is 1. The molecule has 0 aliphatic heterocycles. The maximum Gasteiger partial charge on any atom is 0.136 e. The number of benzene rings is 9. The zero-order chi connectivity index (χ0) is 32.3. The van der Waals surface area contributed by atoms with Crippen LogP contribution in [0.5, 0.6) is 0 Å². The van der Waals surface area contributed by atoms with Gasteiger partial charge in [-0.2, -0.15) is 0 Å². The Morgan fingerprint density at radius 1 is 0.286 bits per heavy atom. The van der Waals surface area contributed by atoms with Crippen LogP contribution in [0.25, 0.3) is 98.8 Å². The summed E-state index contributed by atoms with van der Waals surface area (Å²) >= 11 is 0. The summed E-state index contributed by atoms with van der Waals surface area (Å²) in [5.41, 5.74) is 11.5. The minimum absolute atomic E-state index is 0.896. The second-order valence-corrected chi connectivity index (χ2v) is 12.8. The zero-order valence-electron chi connectivity index (χ0n) is 26.7. The highest BCUT2D eigenvalue weighted by Crippen LogP contribution is 2.48. The normalized spacial score (nSPS) is 11.7. The van der Waals surface area contributed by atoms with Crippen LogP contribution in [0.4, 0.5) is 0 Å². The first-order valence-corrected chi connectivity index (χ1v) is 16.8. The molecule has 0 spiro atoms. The van der Waals surface area contributed by atoms with Gasteiger partial charge in [0.2, 0.25) is 0 Å². The monoisotopic (exact) mass is 622 g/mol. The standard InChI is InChI=1S/C48H30O/c1-3-13-31(14-4-1)34-25-27-40-43(29-34)46(33-16-5-2-6-17-33)38-20-9-10-21-39(38)47(40)42-23-12-24-44-48(42)41-28-26-35(30-45(41)49-44)37-22-11-18-32-15-7-8-19-36(32)37/h1-30H. The third-order valence-corrected chi connectivity index (χ3v) is 10.1. The first kappa shape index (κ1) is 27.7. The van der Waals surface area contributed by atoms with Crippen LogP contribution < -0.4 is 0 Å². The fourth-order valence-electron chi connectivity index (χ4n) is 7.87. The molecular weight excluding hydrogens is 593 g/mol.